The lowest BCUT2D eigenvalue weighted by Crippen LogP contribution is -2.09. The Morgan fingerprint density at radius 2 is 1.54 bits per heavy atom. The van der Waals surface area contributed by atoms with E-state index in [0.717, 1.165) is 12.0 Å². The molecule has 0 bridgehead atoms. The van der Waals surface area contributed by atoms with Gasteiger partial charge < -0.3 is 0 Å². The second-order valence-electron chi connectivity index (χ2n) is 6.35. The van der Waals surface area contributed by atoms with Gasteiger partial charge in [0, 0.05) is 11.1 Å². The van der Waals surface area contributed by atoms with E-state index in [0.29, 0.717) is 11.1 Å². The van der Waals surface area contributed by atoms with E-state index < -0.39 is 0 Å². The zero-order chi connectivity index (χ0) is 17.4. The van der Waals surface area contributed by atoms with Crippen LogP contribution in [0.2, 0.25) is 0 Å². The number of carbonyl (C=O) groups excluding carboxylic acids is 2. The fourth-order valence-electron chi connectivity index (χ4n) is 2.84. The van der Waals surface area contributed by atoms with Crippen molar-refractivity contribution < 1.29 is 9.59 Å². The van der Waals surface area contributed by atoms with Crippen LogP contribution in [-0.2, 0) is 6.42 Å². The molecular weight excluding hydrogens is 296 g/mol. The van der Waals surface area contributed by atoms with E-state index in [1.807, 2.05) is 49.4 Å². The van der Waals surface area contributed by atoms with Crippen LogP contribution >= 0.6 is 0 Å². The highest BCUT2D eigenvalue weighted by molar-refractivity contribution is 6.13. The molecule has 0 saturated carbocycles. The van der Waals surface area contributed by atoms with Gasteiger partial charge in [0.2, 0.25) is 0 Å². The van der Waals surface area contributed by atoms with Gasteiger partial charge in [-0.1, -0.05) is 74.7 Å². The molecule has 0 unspecified atom stereocenters. The molecule has 0 fully saturated rings. The summed E-state index contributed by atoms with van der Waals surface area (Å²) in [7, 11) is 0. The van der Waals surface area contributed by atoms with Crippen LogP contribution in [0, 0.1) is 6.92 Å². The van der Waals surface area contributed by atoms with Crippen molar-refractivity contribution >= 4 is 11.6 Å². The first-order chi connectivity index (χ1) is 11.6. The van der Waals surface area contributed by atoms with Gasteiger partial charge in [-0.3, -0.25) is 9.59 Å². The quantitative estimate of drug-likeness (QED) is 0.343. The molecule has 24 heavy (non-hydrogen) atoms. The Bertz CT molecular complexity index is 683. The normalized spacial score (nSPS) is 10.6. The van der Waals surface area contributed by atoms with Crippen molar-refractivity contribution in [1.29, 1.82) is 0 Å². The number of ketones is 2. The van der Waals surface area contributed by atoms with E-state index in [1.165, 1.54) is 31.2 Å². The maximum Gasteiger partial charge on any atom is 0.170 e. The molecule has 2 nitrogen and oxygen atoms in total. The van der Waals surface area contributed by atoms with E-state index in [4.69, 9.17) is 0 Å². The molecule has 0 aliphatic heterocycles. The number of hydrogen-bond donors (Lipinski definition) is 0. The zero-order valence-corrected chi connectivity index (χ0v) is 14.7. The lowest BCUT2D eigenvalue weighted by atomic mass is 9.97. The van der Waals surface area contributed by atoms with Gasteiger partial charge in [-0.15, -0.1) is 0 Å². The first kappa shape index (κ1) is 18.1. The second kappa shape index (κ2) is 9.17. The minimum atomic E-state index is -0.110. The summed E-state index contributed by atoms with van der Waals surface area (Å²) >= 11 is 0. The summed E-state index contributed by atoms with van der Waals surface area (Å²) in [5.74, 6) is -0.220. The summed E-state index contributed by atoms with van der Waals surface area (Å²) in [6.07, 6.45) is 5.94. The van der Waals surface area contributed by atoms with Crippen molar-refractivity contribution in [1.82, 2.24) is 0 Å². The number of Topliss-reactive ketones (excluding diaryl/α,β-unsaturated/α-hetero) is 2. The second-order valence-corrected chi connectivity index (χ2v) is 6.35. The summed E-state index contributed by atoms with van der Waals surface area (Å²) in [5, 5.41) is 0. The monoisotopic (exact) mass is 322 g/mol. The molecule has 0 radical (unpaired) electrons. The highest BCUT2D eigenvalue weighted by atomic mass is 16.1. The Morgan fingerprint density at radius 1 is 0.833 bits per heavy atom. The standard InChI is InChI=1S/C22H26O2/c1-3-4-5-6-10-18-12-14-19(15-13-18)21(23)16-22(24)20-11-8-7-9-17(20)2/h7-9,11-15H,3-6,10,16H2,1-2H3. The van der Waals surface area contributed by atoms with Crippen molar-refractivity contribution in [3.05, 3.63) is 70.8 Å². The molecule has 0 aliphatic carbocycles. The Kier molecular flexibility index (Phi) is 6.92. The average Bonchev–Trinajstić information content (AvgIpc) is 2.59. The van der Waals surface area contributed by atoms with Gasteiger partial charge in [0.25, 0.3) is 0 Å². The minimum absolute atomic E-state index is 0.0688. The van der Waals surface area contributed by atoms with Crippen molar-refractivity contribution in [2.45, 2.75) is 52.4 Å². The van der Waals surface area contributed by atoms with Gasteiger partial charge >= 0.3 is 0 Å². The van der Waals surface area contributed by atoms with E-state index in [9.17, 15) is 9.59 Å². The van der Waals surface area contributed by atoms with Gasteiger partial charge in [-0.25, -0.2) is 0 Å². The number of benzene rings is 2. The van der Waals surface area contributed by atoms with E-state index in [1.54, 1.807) is 6.07 Å². The summed E-state index contributed by atoms with van der Waals surface area (Å²) in [6.45, 7) is 4.10. The largest absolute Gasteiger partial charge is 0.294 e. The number of carbonyl (C=O) groups is 2. The maximum atomic E-state index is 12.3. The van der Waals surface area contributed by atoms with E-state index in [-0.39, 0.29) is 18.0 Å². The van der Waals surface area contributed by atoms with Gasteiger partial charge in [0.05, 0.1) is 6.42 Å². The minimum Gasteiger partial charge on any atom is -0.294 e. The van der Waals surface area contributed by atoms with Gasteiger partial charge in [-0.2, -0.15) is 0 Å². The maximum absolute atomic E-state index is 12.3. The van der Waals surface area contributed by atoms with Crippen molar-refractivity contribution in [2.75, 3.05) is 0 Å². The Morgan fingerprint density at radius 3 is 2.21 bits per heavy atom. The lowest BCUT2D eigenvalue weighted by Gasteiger charge is -2.06. The SMILES string of the molecule is CCCCCCc1ccc(C(=O)CC(=O)c2ccccc2C)cc1. The summed E-state index contributed by atoms with van der Waals surface area (Å²) < 4.78 is 0. The molecule has 126 valence electrons. The highest BCUT2D eigenvalue weighted by Gasteiger charge is 2.15. The van der Waals surface area contributed by atoms with Crippen molar-refractivity contribution in [2.24, 2.45) is 0 Å². The molecule has 0 N–H and O–H groups in total. The topological polar surface area (TPSA) is 34.1 Å². The fourth-order valence-corrected chi connectivity index (χ4v) is 2.84. The lowest BCUT2D eigenvalue weighted by molar-refractivity contribution is 0.0894. The Hall–Kier alpha value is -2.22. The molecule has 0 amide bonds. The predicted octanol–water partition coefficient (Wildman–Crippen LogP) is 5.57. The number of aryl methyl sites for hydroxylation is 2. The van der Waals surface area contributed by atoms with Crippen LogP contribution in [0.15, 0.2) is 48.5 Å². The van der Waals surface area contributed by atoms with Crippen LogP contribution in [0.1, 0.15) is 70.9 Å². The van der Waals surface area contributed by atoms with Crippen molar-refractivity contribution in [3.63, 3.8) is 0 Å². The molecular formula is C22H26O2. The van der Waals surface area contributed by atoms with E-state index >= 15 is 0 Å². The third kappa shape index (κ3) is 5.16. The number of unbranched alkanes of at least 4 members (excludes halogenated alkanes) is 3. The molecule has 0 aliphatic rings. The van der Waals surface area contributed by atoms with Crippen LogP contribution in [-0.4, -0.2) is 11.6 Å². The molecule has 2 aromatic carbocycles. The zero-order valence-electron chi connectivity index (χ0n) is 14.7. The van der Waals surface area contributed by atoms with Crippen LogP contribution in [0.5, 0.6) is 0 Å². The summed E-state index contributed by atoms with van der Waals surface area (Å²) in [6, 6.07) is 15.1. The van der Waals surface area contributed by atoms with Gasteiger partial charge in [0.15, 0.2) is 11.6 Å². The van der Waals surface area contributed by atoms with Gasteiger partial charge in [0.1, 0.15) is 0 Å². The Balaban J connectivity index is 1.93. The molecule has 2 heteroatoms. The molecule has 0 atom stereocenters. The van der Waals surface area contributed by atoms with Crippen LogP contribution in [0.4, 0.5) is 0 Å². The Labute approximate surface area is 144 Å². The molecule has 0 spiro atoms. The van der Waals surface area contributed by atoms with E-state index in [2.05, 4.69) is 6.92 Å². The van der Waals surface area contributed by atoms with Crippen molar-refractivity contribution in [3.8, 4) is 0 Å². The first-order valence-corrected chi connectivity index (χ1v) is 8.82. The third-order valence-electron chi connectivity index (χ3n) is 4.36. The van der Waals surface area contributed by atoms with Crippen LogP contribution < -0.4 is 0 Å². The predicted molar refractivity (Wildman–Crippen MR) is 98.7 cm³/mol. The fraction of sp³-hybridized carbons (Fsp3) is 0.364. The average molecular weight is 322 g/mol. The first-order valence-electron chi connectivity index (χ1n) is 8.82. The summed E-state index contributed by atoms with van der Waals surface area (Å²) in [4.78, 5) is 24.6. The van der Waals surface area contributed by atoms with Crippen LogP contribution in [0.25, 0.3) is 0 Å². The third-order valence-corrected chi connectivity index (χ3v) is 4.36. The smallest absolute Gasteiger partial charge is 0.170 e. The van der Waals surface area contributed by atoms with Gasteiger partial charge in [-0.05, 0) is 30.9 Å². The number of hydrogen-bond acceptors (Lipinski definition) is 2. The summed E-state index contributed by atoms with van der Waals surface area (Å²) in [5.41, 5.74) is 3.43. The molecule has 0 heterocycles. The van der Waals surface area contributed by atoms with Crippen LogP contribution in [0.3, 0.4) is 0 Å². The number of rotatable bonds is 9. The molecule has 2 rings (SSSR count). The molecule has 2 aromatic rings. The molecule has 0 aromatic heterocycles. The molecule has 0 saturated heterocycles. The highest BCUT2D eigenvalue weighted by Crippen LogP contribution is 2.14.